The van der Waals surface area contributed by atoms with Crippen molar-refractivity contribution in [3.05, 3.63) is 83.6 Å². The van der Waals surface area contributed by atoms with Gasteiger partial charge in [-0.1, -0.05) is 48.5 Å². The number of aromatic nitrogens is 3. The van der Waals surface area contributed by atoms with Gasteiger partial charge in [0, 0.05) is 12.1 Å². The van der Waals surface area contributed by atoms with Crippen LogP contribution in [0.4, 0.5) is 10.7 Å². The summed E-state index contributed by atoms with van der Waals surface area (Å²) in [6.07, 6.45) is 0.792. The van der Waals surface area contributed by atoms with E-state index < -0.39 is 12.1 Å². The largest absolute Gasteiger partial charge is 0.478 e. The number of aromatic carboxylic acids is 1. The molecule has 1 aliphatic carbocycles. The van der Waals surface area contributed by atoms with Gasteiger partial charge in [-0.2, -0.15) is 4.98 Å². The van der Waals surface area contributed by atoms with E-state index in [4.69, 9.17) is 9.84 Å². The first-order valence-corrected chi connectivity index (χ1v) is 9.32. The Labute approximate surface area is 170 Å². The van der Waals surface area contributed by atoms with Crippen LogP contribution in [0.2, 0.25) is 0 Å². The molecule has 4 aromatic rings. The quantitative estimate of drug-likeness (QED) is 0.540. The summed E-state index contributed by atoms with van der Waals surface area (Å²) in [6.45, 7) is 0.177. The highest BCUT2D eigenvalue weighted by molar-refractivity contribution is 5.89. The van der Waals surface area contributed by atoms with Gasteiger partial charge in [-0.15, -0.1) is 5.10 Å². The molecular formula is C22H16N4O4. The molecule has 148 valence electrons. The Morgan fingerprint density at radius 3 is 2.37 bits per heavy atom. The number of nitrogens with one attached hydrogen (secondary N) is 1. The first-order chi connectivity index (χ1) is 14.6. The van der Waals surface area contributed by atoms with Crippen molar-refractivity contribution in [3.63, 3.8) is 0 Å². The third-order valence-electron chi connectivity index (χ3n) is 5.14. The minimum Gasteiger partial charge on any atom is -0.478 e. The van der Waals surface area contributed by atoms with Gasteiger partial charge in [0.15, 0.2) is 5.65 Å². The number of amides is 1. The molecule has 8 heteroatoms. The zero-order valence-electron chi connectivity index (χ0n) is 15.6. The van der Waals surface area contributed by atoms with E-state index in [0.29, 0.717) is 5.65 Å². The van der Waals surface area contributed by atoms with Crippen molar-refractivity contribution in [1.29, 1.82) is 0 Å². The van der Waals surface area contributed by atoms with Gasteiger partial charge in [0.1, 0.15) is 6.61 Å². The SMILES string of the molecule is O=C(Nc1nc2cc(C(=O)O)ccn2n1)OCC1c2ccccc2-c2ccccc21. The molecule has 5 rings (SSSR count). The minimum atomic E-state index is -1.06. The molecule has 1 amide bonds. The summed E-state index contributed by atoms with van der Waals surface area (Å²) in [6, 6.07) is 19.0. The Hall–Kier alpha value is -4.20. The lowest BCUT2D eigenvalue weighted by atomic mass is 9.98. The van der Waals surface area contributed by atoms with Gasteiger partial charge in [0.05, 0.1) is 5.56 Å². The zero-order chi connectivity index (χ0) is 20.7. The molecule has 8 nitrogen and oxygen atoms in total. The highest BCUT2D eigenvalue weighted by Crippen LogP contribution is 2.44. The fraction of sp³-hybridized carbons (Fsp3) is 0.0909. The molecular weight excluding hydrogens is 384 g/mol. The molecule has 0 spiro atoms. The molecule has 30 heavy (non-hydrogen) atoms. The van der Waals surface area contributed by atoms with Gasteiger partial charge in [0.2, 0.25) is 0 Å². The second-order valence-corrected chi connectivity index (χ2v) is 6.91. The number of nitrogens with zero attached hydrogens (tertiary/aromatic N) is 3. The monoisotopic (exact) mass is 400 g/mol. The number of rotatable bonds is 4. The van der Waals surface area contributed by atoms with E-state index in [9.17, 15) is 9.59 Å². The van der Waals surface area contributed by atoms with E-state index in [1.807, 2.05) is 36.4 Å². The lowest BCUT2D eigenvalue weighted by Gasteiger charge is -2.13. The fourth-order valence-corrected chi connectivity index (χ4v) is 3.79. The normalized spacial score (nSPS) is 12.4. The van der Waals surface area contributed by atoms with Crippen LogP contribution in [0.1, 0.15) is 27.4 Å². The molecule has 0 unspecified atom stereocenters. The molecule has 0 saturated carbocycles. The number of fused-ring (bicyclic) bond motifs is 4. The zero-order valence-corrected chi connectivity index (χ0v) is 15.6. The average molecular weight is 400 g/mol. The van der Waals surface area contributed by atoms with E-state index in [2.05, 4.69) is 27.5 Å². The van der Waals surface area contributed by atoms with Gasteiger partial charge in [-0.3, -0.25) is 5.32 Å². The smallest absolute Gasteiger partial charge is 0.414 e. The minimum absolute atomic E-state index is 0.0368. The topological polar surface area (TPSA) is 106 Å². The summed E-state index contributed by atoms with van der Waals surface area (Å²) in [5.74, 6) is -1.07. The van der Waals surface area contributed by atoms with Crippen molar-refractivity contribution in [1.82, 2.24) is 14.6 Å². The van der Waals surface area contributed by atoms with E-state index >= 15 is 0 Å². The summed E-state index contributed by atoms with van der Waals surface area (Å²) in [5.41, 5.74) is 4.94. The van der Waals surface area contributed by atoms with Crippen LogP contribution in [0.25, 0.3) is 16.8 Å². The number of carbonyl (C=O) groups excluding carboxylic acids is 1. The van der Waals surface area contributed by atoms with Crippen LogP contribution in [0.3, 0.4) is 0 Å². The Bertz CT molecular complexity index is 1250. The van der Waals surface area contributed by atoms with E-state index in [1.165, 1.54) is 22.8 Å². The molecule has 2 heterocycles. The van der Waals surface area contributed by atoms with Crippen molar-refractivity contribution in [2.75, 3.05) is 11.9 Å². The number of carboxylic acids is 1. The first-order valence-electron chi connectivity index (χ1n) is 9.32. The predicted octanol–water partition coefficient (Wildman–Crippen LogP) is 3.79. The maximum absolute atomic E-state index is 12.3. The number of hydrogen-bond donors (Lipinski definition) is 2. The van der Waals surface area contributed by atoms with Crippen molar-refractivity contribution >= 4 is 23.7 Å². The molecule has 0 aliphatic heterocycles. The lowest BCUT2D eigenvalue weighted by Crippen LogP contribution is -2.18. The van der Waals surface area contributed by atoms with Gasteiger partial charge in [0.25, 0.3) is 5.95 Å². The molecule has 0 radical (unpaired) electrons. The summed E-state index contributed by atoms with van der Waals surface area (Å²) in [7, 11) is 0. The molecule has 2 N–H and O–H groups in total. The van der Waals surface area contributed by atoms with Crippen molar-refractivity contribution in [3.8, 4) is 11.1 Å². The fourth-order valence-electron chi connectivity index (χ4n) is 3.79. The molecule has 0 atom stereocenters. The predicted molar refractivity (Wildman–Crippen MR) is 109 cm³/mol. The molecule has 2 aromatic heterocycles. The Morgan fingerprint density at radius 2 is 1.70 bits per heavy atom. The maximum atomic E-state index is 12.3. The van der Waals surface area contributed by atoms with E-state index in [1.54, 1.807) is 0 Å². The highest BCUT2D eigenvalue weighted by atomic mass is 16.5. The number of benzene rings is 2. The third kappa shape index (κ3) is 3.04. The second kappa shape index (κ2) is 7.00. The summed E-state index contributed by atoms with van der Waals surface area (Å²) in [5, 5.41) is 15.7. The summed E-state index contributed by atoms with van der Waals surface area (Å²) in [4.78, 5) is 27.5. The first kappa shape index (κ1) is 17.9. The number of carboxylic acid groups (broad SMARTS) is 1. The second-order valence-electron chi connectivity index (χ2n) is 6.91. The van der Waals surface area contributed by atoms with Crippen LogP contribution in [-0.4, -0.2) is 38.4 Å². The molecule has 0 fully saturated rings. The highest BCUT2D eigenvalue weighted by Gasteiger charge is 2.29. The van der Waals surface area contributed by atoms with Gasteiger partial charge in [-0.05, 0) is 34.4 Å². The van der Waals surface area contributed by atoms with E-state index in [-0.39, 0.29) is 24.0 Å². The van der Waals surface area contributed by atoms with Crippen LogP contribution >= 0.6 is 0 Å². The van der Waals surface area contributed by atoms with Crippen LogP contribution < -0.4 is 5.32 Å². The van der Waals surface area contributed by atoms with Crippen LogP contribution in [0.15, 0.2) is 66.9 Å². The number of ether oxygens (including phenoxy) is 1. The number of carbonyl (C=O) groups is 2. The molecule has 0 saturated heterocycles. The third-order valence-corrected chi connectivity index (χ3v) is 5.14. The van der Waals surface area contributed by atoms with Crippen molar-refractivity contribution < 1.29 is 19.4 Å². The molecule has 0 bridgehead atoms. The summed E-state index contributed by atoms with van der Waals surface area (Å²) >= 11 is 0. The van der Waals surface area contributed by atoms with E-state index in [0.717, 1.165) is 22.3 Å². The number of hydrogen-bond acceptors (Lipinski definition) is 5. The Kier molecular flexibility index (Phi) is 4.17. The van der Waals surface area contributed by atoms with Gasteiger partial charge >= 0.3 is 12.1 Å². The van der Waals surface area contributed by atoms with Crippen molar-refractivity contribution in [2.45, 2.75) is 5.92 Å². The molecule has 2 aromatic carbocycles. The van der Waals surface area contributed by atoms with Gasteiger partial charge in [-0.25, -0.2) is 14.1 Å². The van der Waals surface area contributed by atoms with Crippen LogP contribution in [-0.2, 0) is 4.74 Å². The standard InChI is InChI=1S/C22H16N4O4/c27-20(28)13-9-10-26-19(11-13)23-21(25-26)24-22(29)30-12-18-16-7-3-1-5-14(16)15-6-2-4-8-17(15)18/h1-11,18H,12H2,(H,27,28)(H,24,25,29). The van der Waals surface area contributed by atoms with Crippen LogP contribution in [0, 0.1) is 0 Å². The maximum Gasteiger partial charge on any atom is 0.414 e. The molecule has 1 aliphatic rings. The van der Waals surface area contributed by atoms with Crippen molar-refractivity contribution in [2.24, 2.45) is 0 Å². The Morgan fingerprint density at radius 1 is 1.03 bits per heavy atom. The number of anilines is 1. The number of pyridine rings is 1. The van der Waals surface area contributed by atoms with Crippen LogP contribution in [0.5, 0.6) is 0 Å². The summed E-state index contributed by atoms with van der Waals surface area (Å²) < 4.78 is 6.85. The Balaban J connectivity index is 1.31. The van der Waals surface area contributed by atoms with Gasteiger partial charge < -0.3 is 9.84 Å². The lowest BCUT2D eigenvalue weighted by molar-refractivity contribution is 0.0696. The average Bonchev–Trinajstić information content (AvgIpc) is 3.30.